The topological polar surface area (TPSA) is 48.0 Å². The first kappa shape index (κ1) is 16.6. The van der Waals surface area contributed by atoms with Crippen molar-refractivity contribution < 1.29 is 13.2 Å². The van der Waals surface area contributed by atoms with Crippen LogP contribution in [0.3, 0.4) is 0 Å². The van der Waals surface area contributed by atoms with Gasteiger partial charge >= 0.3 is 6.18 Å². The van der Waals surface area contributed by atoms with Gasteiger partial charge in [0.25, 0.3) is 0 Å². The molecule has 0 amide bonds. The van der Waals surface area contributed by atoms with Gasteiger partial charge < -0.3 is 0 Å². The van der Waals surface area contributed by atoms with Crippen molar-refractivity contribution in [3.8, 4) is 0 Å². The smallest absolute Gasteiger partial charge is 0.256 e. The van der Waals surface area contributed by atoms with Crippen LogP contribution in [0.2, 0.25) is 5.15 Å². The van der Waals surface area contributed by atoms with Crippen molar-refractivity contribution in [1.29, 1.82) is 0 Å². The lowest BCUT2D eigenvalue weighted by atomic mass is 10.0. The van der Waals surface area contributed by atoms with Crippen molar-refractivity contribution >= 4 is 28.2 Å². The van der Waals surface area contributed by atoms with E-state index in [2.05, 4.69) is 15.2 Å². The molecule has 0 unspecified atom stereocenters. The number of hydrogen-bond donors (Lipinski definition) is 0. The van der Waals surface area contributed by atoms with Crippen molar-refractivity contribution in [2.45, 2.75) is 31.0 Å². The highest BCUT2D eigenvalue weighted by Crippen LogP contribution is 2.55. The molecule has 0 N–H and O–H groups in total. The van der Waals surface area contributed by atoms with Crippen LogP contribution >= 0.6 is 11.6 Å². The minimum atomic E-state index is -4.30. The third-order valence-electron chi connectivity index (χ3n) is 4.97. The second-order valence-corrected chi connectivity index (χ2v) is 7.19. The van der Waals surface area contributed by atoms with E-state index >= 15 is 0 Å². The average Bonchev–Trinajstić information content (AvgIpc) is 3.10. The highest BCUT2D eigenvalue weighted by atomic mass is 35.5. The number of halogens is 4. The predicted octanol–water partition coefficient (Wildman–Crippen LogP) is 4.57. The Labute approximate surface area is 156 Å². The second-order valence-electron chi connectivity index (χ2n) is 6.80. The highest BCUT2D eigenvalue weighted by Gasteiger charge is 2.41. The number of imidazole rings is 1. The van der Waals surface area contributed by atoms with E-state index in [9.17, 15) is 13.2 Å². The molecule has 1 fully saturated rings. The van der Waals surface area contributed by atoms with E-state index in [1.165, 1.54) is 6.20 Å². The van der Waals surface area contributed by atoms with Crippen LogP contribution in [0.1, 0.15) is 29.4 Å². The molecule has 3 heterocycles. The van der Waals surface area contributed by atoms with Crippen molar-refractivity contribution in [3.63, 3.8) is 0 Å². The number of hydrogen-bond acceptors (Lipinski definition) is 3. The Balaban J connectivity index is 1.46. The molecular weight excluding hydrogens is 379 g/mol. The fourth-order valence-electron chi connectivity index (χ4n) is 3.72. The van der Waals surface area contributed by atoms with Gasteiger partial charge in [0, 0.05) is 23.3 Å². The Hall–Kier alpha value is -2.61. The zero-order chi connectivity index (χ0) is 18.8. The zero-order valence-electron chi connectivity index (χ0n) is 13.9. The Morgan fingerprint density at radius 2 is 2.04 bits per heavy atom. The van der Waals surface area contributed by atoms with Crippen LogP contribution in [0.5, 0.6) is 0 Å². The minimum Gasteiger partial charge on any atom is -0.256 e. The molecule has 9 heteroatoms. The summed E-state index contributed by atoms with van der Waals surface area (Å²) in [6, 6.07) is 7.36. The molecule has 1 aliphatic rings. The van der Waals surface area contributed by atoms with E-state index in [4.69, 9.17) is 11.6 Å². The molecular formula is C18H13ClF3N5. The van der Waals surface area contributed by atoms with Crippen LogP contribution in [0, 0.1) is 0 Å². The summed E-state index contributed by atoms with van der Waals surface area (Å²) in [5.41, 5.74) is 3.39. The fourth-order valence-corrected chi connectivity index (χ4v) is 3.92. The minimum absolute atomic E-state index is 0.262. The molecule has 0 bridgehead atoms. The van der Waals surface area contributed by atoms with Crippen LogP contribution in [0.4, 0.5) is 13.2 Å². The van der Waals surface area contributed by atoms with Crippen LogP contribution in [-0.2, 0) is 6.54 Å². The Bertz CT molecular complexity index is 1160. The standard InChI is InChI=1S/C18H13ClF3N5/c19-16-7-14(17-23-3-4-26(17)25-16)13-6-12(13)10-1-2-15-11(5-10)8-24-27(15)9-18(20,21)22/h1-5,7-8,12-13H,6,9H2/t12-,13+/m1/s1. The molecule has 3 aromatic heterocycles. The zero-order valence-corrected chi connectivity index (χ0v) is 14.6. The van der Waals surface area contributed by atoms with Gasteiger partial charge in [0.05, 0.1) is 11.7 Å². The van der Waals surface area contributed by atoms with E-state index in [-0.39, 0.29) is 11.8 Å². The molecule has 4 aromatic rings. The van der Waals surface area contributed by atoms with E-state index in [0.29, 0.717) is 16.1 Å². The summed E-state index contributed by atoms with van der Waals surface area (Å²) in [6.07, 6.45) is 1.56. The van der Waals surface area contributed by atoms with Gasteiger partial charge in [0.15, 0.2) is 5.65 Å². The monoisotopic (exact) mass is 391 g/mol. The SMILES string of the molecule is FC(F)(F)Cn1ncc2cc([C@H]3C[C@@H]3c3cc(Cl)nn4ccnc34)ccc21. The lowest BCUT2D eigenvalue weighted by molar-refractivity contribution is -0.141. The molecule has 1 saturated carbocycles. The third-order valence-corrected chi connectivity index (χ3v) is 5.16. The van der Waals surface area contributed by atoms with Crippen molar-refractivity contribution in [3.05, 3.63) is 59.1 Å². The number of benzene rings is 1. The summed E-state index contributed by atoms with van der Waals surface area (Å²) in [6.45, 7) is -1.09. The van der Waals surface area contributed by atoms with Gasteiger partial charge in [0.1, 0.15) is 11.7 Å². The van der Waals surface area contributed by atoms with Gasteiger partial charge in [-0.3, -0.25) is 4.68 Å². The number of aromatic nitrogens is 5. The molecule has 2 atom stereocenters. The molecule has 138 valence electrons. The van der Waals surface area contributed by atoms with Gasteiger partial charge in [-0.05, 0) is 42.0 Å². The van der Waals surface area contributed by atoms with Crippen LogP contribution in [0.25, 0.3) is 16.6 Å². The maximum Gasteiger partial charge on any atom is 0.408 e. The first-order valence-electron chi connectivity index (χ1n) is 8.41. The Kier molecular flexibility index (Phi) is 3.49. The van der Waals surface area contributed by atoms with Gasteiger partial charge in [0.2, 0.25) is 0 Å². The number of fused-ring (bicyclic) bond motifs is 2. The molecule has 1 aromatic carbocycles. The van der Waals surface area contributed by atoms with Crippen molar-refractivity contribution in [2.24, 2.45) is 0 Å². The van der Waals surface area contributed by atoms with Crippen LogP contribution in [-0.4, -0.2) is 30.6 Å². The third kappa shape index (κ3) is 2.93. The van der Waals surface area contributed by atoms with E-state index in [1.54, 1.807) is 23.0 Å². The van der Waals surface area contributed by atoms with Crippen molar-refractivity contribution in [2.75, 3.05) is 0 Å². The maximum absolute atomic E-state index is 12.7. The molecule has 0 radical (unpaired) electrons. The lowest BCUT2D eigenvalue weighted by Crippen LogP contribution is -2.18. The first-order valence-corrected chi connectivity index (χ1v) is 8.79. The van der Waals surface area contributed by atoms with Gasteiger partial charge in [-0.2, -0.15) is 23.4 Å². The maximum atomic E-state index is 12.7. The molecule has 0 spiro atoms. The van der Waals surface area contributed by atoms with Gasteiger partial charge in [-0.1, -0.05) is 17.7 Å². The van der Waals surface area contributed by atoms with E-state index < -0.39 is 12.7 Å². The fraction of sp³-hybridized carbons (Fsp3) is 0.278. The molecule has 27 heavy (non-hydrogen) atoms. The Morgan fingerprint density at radius 1 is 1.19 bits per heavy atom. The number of nitrogens with zero attached hydrogens (tertiary/aromatic N) is 5. The summed E-state index contributed by atoms with van der Waals surface area (Å²) >= 11 is 6.12. The molecule has 5 nitrogen and oxygen atoms in total. The van der Waals surface area contributed by atoms with Crippen molar-refractivity contribution in [1.82, 2.24) is 24.4 Å². The number of alkyl halides is 3. The molecule has 0 aliphatic heterocycles. The summed E-state index contributed by atoms with van der Waals surface area (Å²) in [5, 5.41) is 9.19. The summed E-state index contributed by atoms with van der Waals surface area (Å²) in [4.78, 5) is 4.36. The highest BCUT2D eigenvalue weighted by molar-refractivity contribution is 6.29. The number of rotatable bonds is 3. The summed E-state index contributed by atoms with van der Waals surface area (Å²) in [5.74, 6) is 0.539. The molecule has 0 saturated heterocycles. The van der Waals surface area contributed by atoms with Crippen LogP contribution in [0.15, 0.2) is 42.9 Å². The Morgan fingerprint density at radius 3 is 2.85 bits per heavy atom. The normalized spacial score (nSPS) is 19.9. The van der Waals surface area contributed by atoms with Crippen LogP contribution < -0.4 is 0 Å². The lowest BCUT2D eigenvalue weighted by Gasteiger charge is -2.08. The van der Waals surface area contributed by atoms with Gasteiger partial charge in [-0.25, -0.2) is 9.50 Å². The van der Waals surface area contributed by atoms with Gasteiger partial charge in [-0.15, -0.1) is 0 Å². The predicted molar refractivity (Wildman–Crippen MR) is 93.9 cm³/mol. The average molecular weight is 392 g/mol. The molecule has 1 aliphatic carbocycles. The summed E-state index contributed by atoms with van der Waals surface area (Å²) in [7, 11) is 0. The largest absolute Gasteiger partial charge is 0.408 e. The molecule has 5 rings (SSSR count). The van der Waals surface area contributed by atoms with E-state index in [1.807, 2.05) is 18.2 Å². The van der Waals surface area contributed by atoms with E-state index in [0.717, 1.165) is 27.9 Å². The quantitative estimate of drug-likeness (QED) is 0.514. The second kappa shape index (κ2) is 5.69. The first-order chi connectivity index (χ1) is 12.9. The summed E-state index contributed by atoms with van der Waals surface area (Å²) < 4.78 is 40.6.